The average Bonchev–Trinajstić information content (AvgIpc) is 0.722. The van der Waals surface area contributed by atoms with Gasteiger partial charge in [-0.2, -0.15) is 0 Å². The summed E-state index contributed by atoms with van der Waals surface area (Å²) >= 11 is 0. The van der Waals surface area contributed by atoms with Crippen LogP contribution in [0.4, 0.5) is 0 Å². The van der Waals surface area contributed by atoms with Gasteiger partial charge in [-0.3, -0.25) is 0 Å². The van der Waals surface area contributed by atoms with Gasteiger partial charge in [0.05, 0.1) is 0 Å². The van der Waals surface area contributed by atoms with Crippen LogP contribution in [0, 0.1) is 0 Å². The molecule has 0 amide bonds. The molecule has 0 fully saturated rings. The Hall–Kier alpha value is -3.94. The maximum absolute atomic E-state index is 7.33. The van der Waals surface area contributed by atoms with Crippen LogP contribution in [0.25, 0.3) is 0 Å². The van der Waals surface area contributed by atoms with Gasteiger partial charge in [-0.1, -0.05) is 14.9 Å². The fraction of sp³-hybridized carbons (Fsp3) is 1.00. The van der Waals surface area contributed by atoms with Gasteiger partial charge in [0, 0.05) is 0 Å². The van der Waals surface area contributed by atoms with Crippen LogP contribution in [0.15, 0.2) is 0 Å². The second-order valence-electron chi connectivity index (χ2n) is 0.600. The van der Waals surface area contributed by atoms with Crippen molar-refractivity contribution in [3.05, 3.63) is 0 Å². The quantitative estimate of drug-likeness (QED) is 0.227. The molecule has 0 heterocycles. The third kappa shape index (κ3) is 6.41. The summed E-state index contributed by atoms with van der Waals surface area (Å²) in [5.41, 5.74) is 0. The van der Waals surface area contributed by atoms with Crippen molar-refractivity contribution in [3.63, 3.8) is 0 Å². The molecule has 0 aliphatic heterocycles. The zero-order valence-electron chi connectivity index (χ0n) is 5.12. The van der Waals surface area contributed by atoms with Crippen LogP contribution < -0.4 is 0 Å². The normalized spacial score (nSPS) is 5.45. The van der Waals surface area contributed by atoms with Crippen molar-refractivity contribution in [1.29, 1.82) is 0 Å². The van der Waals surface area contributed by atoms with E-state index in [1.54, 1.807) is 0 Å². The van der Waals surface area contributed by atoms with E-state index in [9.17, 15) is 0 Å². The van der Waals surface area contributed by atoms with Crippen LogP contribution in [0.3, 0.4) is 0 Å². The zero-order chi connectivity index (χ0) is 4.50. The molecule has 0 bridgehead atoms. The van der Waals surface area contributed by atoms with Gasteiger partial charge in [0.15, 0.2) is 0 Å². The second-order valence-corrected chi connectivity index (χ2v) is 1.80. The van der Waals surface area contributed by atoms with Crippen molar-refractivity contribution in [2.45, 2.75) is 14.9 Å². The van der Waals surface area contributed by atoms with Crippen molar-refractivity contribution in [2.24, 2.45) is 0 Å². The number of hydrogen-bond acceptors (Lipinski definition) is 4. The van der Waals surface area contributed by atoms with E-state index in [1.165, 1.54) is 0 Å². The minimum atomic E-state index is -4.61. The second kappa shape index (κ2) is 36.6. The van der Waals surface area contributed by atoms with Crippen molar-refractivity contribution in [3.8, 4) is 0 Å². The Kier molecular flexibility index (Phi) is 266000. The number of rotatable bonds is 0. The molecule has 0 atom stereocenters. The van der Waals surface area contributed by atoms with Gasteiger partial charge >= 0.3 is 9.05 Å². The molecule has 0 aromatic rings. The Morgan fingerprint density at radius 1 is 0.545 bits per heavy atom. The molecule has 0 unspecified atom stereocenters. The van der Waals surface area contributed by atoms with E-state index < -0.39 is 9.05 Å². The van der Waals surface area contributed by atoms with Crippen LogP contribution in [-0.4, -0.2) is 28.2 Å². The zero-order valence-corrected chi connectivity index (χ0v) is 31.7. The molecule has 0 saturated heterocycles. The molecular formula is C2H12O4Rf4Si. The first kappa shape index (κ1) is 80000. The van der Waals surface area contributed by atoms with Gasteiger partial charge in [0.25, 0.3) is 0 Å². The van der Waals surface area contributed by atoms with Crippen molar-refractivity contribution < 1.29 is 19.2 Å². The van der Waals surface area contributed by atoms with E-state index in [0.29, 0.717) is 0 Å². The van der Waals surface area contributed by atoms with E-state index in [-0.39, 0.29) is 14.9 Å². The fourth-order valence-corrected chi connectivity index (χ4v) is 0. The summed E-state index contributed by atoms with van der Waals surface area (Å²) in [7, 11) is -4.61. The fourth-order valence-electron chi connectivity index (χ4n) is 0. The standard InChI is InChI=1S/2CH4.H4O4Si.4Rf/c;;1-5(2,3)4;;;;/h2*1H4;1-4H;;;;. The van der Waals surface area contributed by atoms with Gasteiger partial charge in [0.1, 0.15) is 0 Å². The van der Waals surface area contributed by atoms with Gasteiger partial charge in [0.2, 0.25) is 0 Å². The van der Waals surface area contributed by atoms with E-state index in [1.807, 2.05) is 0 Å². The first-order valence-corrected chi connectivity index (χ1v) is 2.68. The molecule has 0 spiro atoms. The van der Waals surface area contributed by atoms with Gasteiger partial charge < -0.3 is 19.2 Å². The monoisotopic (exact) mass is 1200 g/mol. The predicted molar refractivity (Wildman–Crippen MR) is 28.1 cm³/mol. The van der Waals surface area contributed by atoms with Gasteiger partial charge in [-0.05, 0) is 0 Å². The summed E-state index contributed by atoms with van der Waals surface area (Å²) in [6.45, 7) is 0. The Bertz CT molecular complexity index is 35.6. The van der Waals surface area contributed by atoms with Crippen molar-refractivity contribution >= 4 is 9.05 Å². The third-order valence-corrected chi connectivity index (χ3v) is 0. The molecule has 4 N–H and O–H groups in total. The molecule has 11 heavy (non-hydrogen) atoms. The number of hydrogen-bond donors (Lipinski definition) is 4. The summed E-state index contributed by atoms with van der Waals surface area (Å²) in [5.74, 6) is 0. The van der Waals surface area contributed by atoms with Crippen molar-refractivity contribution in [1.82, 2.24) is 0 Å². The first-order chi connectivity index (χ1) is 2.00. The molecule has 0 saturated carbocycles. The van der Waals surface area contributed by atoms with E-state index in [2.05, 4.69) is 0 Å². The predicted octanol–water partition coefficient (Wildman–Crippen LogP) is -1.34. The summed E-state index contributed by atoms with van der Waals surface area (Å²) < 4.78 is 0. The summed E-state index contributed by atoms with van der Waals surface area (Å²) in [5, 5.41) is 0. The maximum Gasteiger partial charge on any atom is 0.668 e. The SMILES string of the molecule is C.C.O[Si](O)(O)O.[Rf].[Rf].[Rf].[Rf]. The Balaban J connectivity index is -0.00000000533. The van der Waals surface area contributed by atoms with Crippen molar-refractivity contribution in [2.75, 3.05) is 0 Å². The molecule has 0 aliphatic rings. The summed E-state index contributed by atoms with van der Waals surface area (Å²) in [6, 6.07) is 0. The van der Waals surface area contributed by atoms with Crippen LogP contribution in [-0.2, 0) is 0 Å². The molecule has 56 valence electrons. The minimum Gasteiger partial charge on any atom is -0.368 e. The van der Waals surface area contributed by atoms with Crippen LogP contribution >= 0.6 is 0 Å². The summed E-state index contributed by atoms with van der Waals surface area (Å²) in [4.78, 5) is 29.3. The van der Waals surface area contributed by atoms with Crippen LogP contribution in [0.5, 0.6) is 0 Å². The first-order valence-electron chi connectivity index (χ1n) is 0.894. The molecule has 0 aromatic heterocycles. The van der Waals surface area contributed by atoms with Gasteiger partial charge in [-0.25, -0.2) is 0 Å². The molecule has 9 heteroatoms. The Morgan fingerprint density at radius 2 is 0.545 bits per heavy atom. The largest absolute Gasteiger partial charge is 0.668 e. The van der Waals surface area contributed by atoms with E-state index in [4.69, 9.17) is 19.2 Å². The Labute approximate surface area is 44.2 Å². The van der Waals surface area contributed by atoms with E-state index >= 15 is 0 Å². The third-order valence-electron chi connectivity index (χ3n) is 0. The minimum absolute atomic E-state index is 0. The molecule has 0 rings (SSSR count). The Morgan fingerprint density at radius 3 is 0.545 bits per heavy atom. The topological polar surface area (TPSA) is 80.9 Å². The summed E-state index contributed by atoms with van der Waals surface area (Å²) in [6.07, 6.45) is 0. The maximum atomic E-state index is 7.33. The molecular weight excluding hydrogens is 1180 g/mol. The average molecular weight is 1200 g/mol. The van der Waals surface area contributed by atoms with Crippen LogP contribution in [0.1, 0.15) is 14.9 Å². The van der Waals surface area contributed by atoms with Gasteiger partial charge in [-0.15, -0.1) is 0 Å². The van der Waals surface area contributed by atoms with Crippen LogP contribution in [0.2, 0.25) is 0 Å². The molecule has 0 radical (unpaired) electrons. The van der Waals surface area contributed by atoms with E-state index in [0.717, 1.165) is 0 Å². The molecule has 4 nitrogen and oxygen atoms in total. The smallest absolute Gasteiger partial charge is 0.368 e. The molecule has 0 aromatic carbocycles. The molecule has 0 aliphatic carbocycles.